The van der Waals surface area contributed by atoms with Gasteiger partial charge in [-0.2, -0.15) is 13.2 Å². The van der Waals surface area contributed by atoms with Gasteiger partial charge in [-0.25, -0.2) is 0 Å². The third kappa shape index (κ3) is 9.55. The molecule has 2 unspecified atom stereocenters. The third-order valence-electron chi connectivity index (χ3n) is 2.81. The van der Waals surface area contributed by atoms with Crippen molar-refractivity contribution >= 4 is 5.91 Å². The smallest absolute Gasteiger partial charge is 0.394 e. The molecule has 0 aromatic rings. The first-order valence-electron chi connectivity index (χ1n) is 5.95. The van der Waals surface area contributed by atoms with Gasteiger partial charge in [0.15, 0.2) is 6.29 Å². The van der Waals surface area contributed by atoms with E-state index in [1.807, 2.05) is 0 Å². The van der Waals surface area contributed by atoms with Gasteiger partial charge in [0.1, 0.15) is 24.4 Å². The number of carbonyl (C=O) groups is 1. The summed E-state index contributed by atoms with van der Waals surface area (Å²) in [5.74, 6) is -2.31. The Morgan fingerprint density at radius 2 is 1.79 bits per heavy atom. The molecule has 131 valence electrons. The SMILES string of the molecule is C=CCO[C@H]1OC(CO)[C@@H](O)C(O)[C@H]1NC(=O)C(F)(F)F.[Ac].[Ac].[Ac]. The summed E-state index contributed by atoms with van der Waals surface area (Å²) in [5, 5.41) is 29.9. The molecule has 0 bridgehead atoms. The van der Waals surface area contributed by atoms with Crippen LogP contribution in [0.5, 0.6) is 0 Å². The maximum atomic E-state index is 12.3. The van der Waals surface area contributed by atoms with E-state index >= 15 is 0 Å². The van der Waals surface area contributed by atoms with E-state index in [0.717, 1.165) is 0 Å². The van der Waals surface area contributed by atoms with E-state index in [1.54, 1.807) is 0 Å². The molecule has 1 heterocycles. The second-order valence-electron chi connectivity index (χ2n) is 4.33. The zero-order chi connectivity index (χ0) is 16.2. The summed E-state index contributed by atoms with van der Waals surface area (Å²) >= 11 is 0. The number of aliphatic hydroxyl groups is 3. The van der Waals surface area contributed by atoms with Crippen molar-refractivity contribution in [3.05, 3.63) is 12.7 Å². The zero-order valence-corrected chi connectivity index (χ0v) is 26.8. The van der Waals surface area contributed by atoms with Gasteiger partial charge in [-0.05, 0) is 0 Å². The van der Waals surface area contributed by atoms with Crippen LogP contribution in [-0.4, -0.2) is 71.3 Å². The average molecular weight is 996 g/mol. The van der Waals surface area contributed by atoms with Gasteiger partial charge in [-0.3, -0.25) is 4.79 Å². The molecule has 1 saturated heterocycles. The summed E-state index contributed by atoms with van der Waals surface area (Å²) in [6, 6.07) is -1.66. The van der Waals surface area contributed by atoms with Crippen molar-refractivity contribution in [3.8, 4) is 0 Å². The number of nitrogens with one attached hydrogen (secondary N) is 1. The second-order valence-corrected chi connectivity index (χ2v) is 4.33. The summed E-state index contributed by atoms with van der Waals surface area (Å²) in [6.45, 7) is 2.51. The Morgan fingerprint density at radius 1 is 1.25 bits per heavy atom. The van der Waals surface area contributed by atoms with Crippen LogP contribution in [0.3, 0.4) is 0 Å². The van der Waals surface area contributed by atoms with Crippen molar-refractivity contribution in [2.45, 2.75) is 36.8 Å². The summed E-state index contributed by atoms with van der Waals surface area (Å²) < 4.78 is 46.8. The Hall–Kier alpha value is 3.12. The van der Waals surface area contributed by atoms with E-state index in [0.29, 0.717) is 0 Å². The number of amides is 1. The van der Waals surface area contributed by atoms with Crippen LogP contribution in [0.25, 0.3) is 0 Å². The van der Waals surface area contributed by atoms with Gasteiger partial charge in [0.05, 0.1) is 13.2 Å². The molecular weight excluding hydrogens is 980 g/mol. The van der Waals surface area contributed by atoms with Gasteiger partial charge in [0.2, 0.25) is 0 Å². The van der Waals surface area contributed by atoms with Gasteiger partial charge >= 0.3 is 12.1 Å². The molecular formula is C11H16Ac3F3NO6. The predicted octanol–water partition coefficient (Wildman–Crippen LogP) is -1.32. The van der Waals surface area contributed by atoms with Crippen molar-refractivity contribution in [1.82, 2.24) is 5.32 Å². The Bertz CT molecular complexity index is 391. The normalized spacial score (nSPS) is 29.3. The van der Waals surface area contributed by atoms with Crippen LogP contribution < -0.4 is 5.32 Å². The van der Waals surface area contributed by atoms with Gasteiger partial charge < -0.3 is 30.1 Å². The fourth-order valence-electron chi connectivity index (χ4n) is 1.77. The number of ether oxygens (including phenoxy) is 2. The molecule has 7 nitrogen and oxygen atoms in total. The van der Waals surface area contributed by atoms with E-state index in [1.165, 1.54) is 11.4 Å². The first kappa shape index (κ1) is 31.8. The van der Waals surface area contributed by atoms with E-state index in [2.05, 4.69) is 6.58 Å². The van der Waals surface area contributed by atoms with E-state index in [-0.39, 0.29) is 139 Å². The molecule has 13 heteroatoms. The minimum atomic E-state index is -5.17. The number of hydrogen-bond donors (Lipinski definition) is 4. The Kier molecular flexibility index (Phi) is 19.9. The maximum absolute atomic E-state index is 12.3. The number of halogens is 3. The molecule has 1 aliphatic rings. The van der Waals surface area contributed by atoms with Crippen molar-refractivity contribution in [2.24, 2.45) is 0 Å². The summed E-state index contributed by atoms with van der Waals surface area (Å²) in [6.07, 6.45) is -10.1. The molecule has 1 rings (SSSR count). The number of carbonyl (C=O) groups excluding carboxylic acids is 1. The average Bonchev–Trinajstić information content (AvgIpc) is 2.41. The van der Waals surface area contributed by atoms with E-state index < -0.39 is 49.3 Å². The predicted molar refractivity (Wildman–Crippen MR) is 61.9 cm³/mol. The molecule has 4 N–H and O–H groups in total. The number of aliphatic hydroxyl groups excluding tert-OH is 3. The molecule has 0 aromatic heterocycles. The largest absolute Gasteiger partial charge is 0.471 e. The summed E-state index contributed by atoms with van der Waals surface area (Å²) in [5.41, 5.74) is 0. The maximum Gasteiger partial charge on any atom is 0.471 e. The first-order valence-corrected chi connectivity index (χ1v) is 5.95. The van der Waals surface area contributed by atoms with Crippen LogP contribution in [0.2, 0.25) is 0 Å². The van der Waals surface area contributed by atoms with Crippen molar-refractivity contribution in [2.75, 3.05) is 13.2 Å². The summed E-state index contributed by atoms with van der Waals surface area (Å²) in [7, 11) is 0. The number of alkyl halides is 3. The van der Waals surface area contributed by atoms with E-state index in [9.17, 15) is 28.2 Å². The molecule has 3 radical (unpaired) electrons. The van der Waals surface area contributed by atoms with Crippen molar-refractivity contribution in [3.63, 3.8) is 0 Å². The summed E-state index contributed by atoms with van der Waals surface area (Å²) in [4.78, 5) is 10.9. The Morgan fingerprint density at radius 3 is 2.21 bits per heavy atom. The first-order chi connectivity index (χ1) is 9.72. The molecule has 0 spiro atoms. The quantitative estimate of drug-likeness (QED) is 0.255. The molecule has 1 fully saturated rings. The van der Waals surface area contributed by atoms with Gasteiger partial charge in [0.25, 0.3) is 0 Å². The van der Waals surface area contributed by atoms with Gasteiger partial charge in [-0.15, -0.1) is 6.58 Å². The van der Waals surface area contributed by atoms with E-state index in [4.69, 9.17) is 14.6 Å². The topological polar surface area (TPSA) is 108 Å². The molecule has 24 heavy (non-hydrogen) atoms. The monoisotopic (exact) mass is 996 g/mol. The van der Waals surface area contributed by atoms with Crippen LogP contribution in [-0.2, 0) is 14.3 Å². The fraction of sp³-hybridized carbons (Fsp3) is 0.727. The molecule has 0 saturated carbocycles. The molecule has 0 aliphatic carbocycles. The van der Waals surface area contributed by atoms with Gasteiger partial charge in [0, 0.05) is 132 Å². The van der Waals surface area contributed by atoms with Crippen LogP contribution in [0.4, 0.5) is 13.2 Å². The standard InChI is InChI=1S/C11H16F3NO6.3Ac/c1-2-3-20-9-6(15-10(19)11(12,13)14)8(18)7(17)5(4-16)21-9;;;/h2,5-9,16-18H,1,3-4H2,(H,15,19);;;/t5?,6-,7-,8?,9+;;;/m1.../s1. The minimum Gasteiger partial charge on any atom is -0.394 e. The van der Waals surface area contributed by atoms with Crippen LogP contribution in [0.1, 0.15) is 0 Å². The van der Waals surface area contributed by atoms with Crippen LogP contribution >= 0.6 is 0 Å². The van der Waals surface area contributed by atoms with Crippen LogP contribution in [0, 0.1) is 132 Å². The van der Waals surface area contributed by atoms with Crippen molar-refractivity contribution in [1.29, 1.82) is 0 Å². The Balaban J connectivity index is -0.00000147. The fourth-order valence-corrected chi connectivity index (χ4v) is 1.77. The molecule has 5 atom stereocenters. The zero-order valence-electron chi connectivity index (χ0n) is 12.5. The van der Waals surface area contributed by atoms with Gasteiger partial charge in [-0.1, -0.05) is 6.08 Å². The van der Waals surface area contributed by atoms with Crippen molar-refractivity contribution < 1.29 is 175 Å². The molecule has 0 aromatic carbocycles. The molecule has 1 amide bonds. The number of hydrogen-bond acceptors (Lipinski definition) is 6. The number of rotatable bonds is 5. The minimum absolute atomic E-state index is 0. The second kappa shape index (κ2) is 15.0. The molecule has 1 aliphatic heterocycles. The Labute approximate surface area is 244 Å². The van der Waals surface area contributed by atoms with Crippen LogP contribution in [0.15, 0.2) is 12.7 Å². The third-order valence-corrected chi connectivity index (χ3v) is 2.81.